The number of benzene rings is 1. The predicted molar refractivity (Wildman–Crippen MR) is 64.0 cm³/mol. The molecule has 0 saturated carbocycles. The Bertz CT molecular complexity index is 444. The molecule has 1 aromatic carbocycles. The Hall–Kier alpha value is -0.620. The first-order chi connectivity index (χ1) is 7.36. The van der Waals surface area contributed by atoms with Gasteiger partial charge in [0.05, 0.1) is 0 Å². The summed E-state index contributed by atoms with van der Waals surface area (Å²) in [5.74, 6) is 0. The van der Waals surface area contributed by atoms with Crippen molar-refractivity contribution in [3.05, 3.63) is 34.9 Å². The fraction of sp³-hybridized carbons (Fsp3) is 0.400. The van der Waals surface area contributed by atoms with E-state index in [2.05, 4.69) is 0 Å². The third kappa shape index (κ3) is 3.18. The van der Waals surface area contributed by atoms with Gasteiger partial charge in [-0.05, 0) is 24.1 Å². The van der Waals surface area contributed by atoms with E-state index in [1.165, 1.54) is 0 Å². The minimum atomic E-state index is -4.21. The van der Waals surface area contributed by atoms with Crippen LogP contribution in [0.1, 0.15) is 24.2 Å². The van der Waals surface area contributed by atoms with E-state index in [0.29, 0.717) is 17.0 Å². The van der Waals surface area contributed by atoms with Crippen LogP contribution in [0.3, 0.4) is 0 Å². The third-order valence-electron chi connectivity index (χ3n) is 2.38. The van der Waals surface area contributed by atoms with Gasteiger partial charge in [-0.25, -0.2) is 0 Å². The summed E-state index contributed by atoms with van der Waals surface area (Å²) < 4.78 is 31.7. The standard InChI is InChI=1S/C10H14ClNO3S/c1-2-9(12)10(16(13,14)15)7-3-5-8(11)6-4-7/h3-6,9-10H,2,12H2,1H3,(H,13,14,15)/t9-,10-/m0/s1. The zero-order valence-electron chi connectivity index (χ0n) is 8.80. The Balaban J connectivity index is 3.17. The molecule has 0 amide bonds. The van der Waals surface area contributed by atoms with Crippen LogP contribution in [0.15, 0.2) is 24.3 Å². The Morgan fingerprint density at radius 3 is 2.25 bits per heavy atom. The van der Waals surface area contributed by atoms with E-state index < -0.39 is 21.4 Å². The number of hydrogen-bond donors (Lipinski definition) is 2. The largest absolute Gasteiger partial charge is 0.326 e. The Morgan fingerprint density at radius 2 is 1.88 bits per heavy atom. The molecule has 16 heavy (non-hydrogen) atoms. The van der Waals surface area contributed by atoms with Crippen LogP contribution in [-0.2, 0) is 10.1 Å². The second-order valence-corrected chi connectivity index (χ2v) is 5.53. The van der Waals surface area contributed by atoms with Gasteiger partial charge in [0.2, 0.25) is 0 Å². The molecule has 0 fully saturated rings. The van der Waals surface area contributed by atoms with Gasteiger partial charge in [-0.15, -0.1) is 0 Å². The van der Waals surface area contributed by atoms with Crippen molar-refractivity contribution in [3.63, 3.8) is 0 Å². The average molecular weight is 264 g/mol. The van der Waals surface area contributed by atoms with E-state index in [-0.39, 0.29) is 0 Å². The molecule has 1 rings (SSSR count). The molecule has 0 aromatic heterocycles. The summed E-state index contributed by atoms with van der Waals surface area (Å²) in [6.07, 6.45) is 0.451. The average Bonchev–Trinajstić information content (AvgIpc) is 2.19. The number of hydrogen-bond acceptors (Lipinski definition) is 3. The van der Waals surface area contributed by atoms with Gasteiger partial charge in [-0.2, -0.15) is 8.42 Å². The van der Waals surface area contributed by atoms with Crippen LogP contribution >= 0.6 is 11.6 Å². The maximum Gasteiger partial charge on any atom is 0.273 e. The van der Waals surface area contributed by atoms with Crippen LogP contribution in [0, 0.1) is 0 Å². The van der Waals surface area contributed by atoms with Gasteiger partial charge < -0.3 is 5.73 Å². The lowest BCUT2D eigenvalue weighted by Gasteiger charge is -2.20. The van der Waals surface area contributed by atoms with Gasteiger partial charge in [0.1, 0.15) is 5.25 Å². The third-order valence-corrected chi connectivity index (χ3v) is 3.90. The molecule has 0 unspecified atom stereocenters. The van der Waals surface area contributed by atoms with Gasteiger partial charge in [0.25, 0.3) is 10.1 Å². The van der Waals surface area contributed by atoms with Gasteiger partial charge in [0, 0.05) is 11.1 Å². The fourth-order valence-corrected chi connectivity index (χ4v) is 2.77. The molecule has 0 aliphatic carbocycles. The lowest BCUT2D eigenvalue weighted by Crippen LogP contribution is -2.32. The zero-order valence-corrected chi connectivity index (χ0v) is 10.4. The summed E-state index contributed by atoms with van der Waals surface area (Å²) in [6, 6.07) is 5.60. The van der Waals surface area contributed by atoms with Crippen molar-refractivity contribution in [2.24, 2.45) is 5.73 Å². The highest BCUT2D eigenvalue weighted by molar-refractivity contribution is 7.86. The molecule has 0 aliphatic rings. The van der Waals surface area contributed by atoms with Crippen LogP contribution in [0.2, 0.25) is 5.02 Å². The Kier molecular flexibility index (Phi) is 4.32. The van der Waals surface area contributed by atoms with Crippen molar-refractivity contribution in [1.29, 1.82) is 0 Å². The van der Waals surface area contributed by atoms with Gasteiger partial charge in [-0.3, -0.25) is 4.55 Å². The Labute approximate surface area is 100 Å². The quantitative estimate of drug-likeness (QED) is 0.815. The highest BCUT2D eigenvalue weighted by Gasteiger charge is 2.30. The molecule has 0 bridgehead atoms. The lowest BCUT2D eigenvalue weighted by atomic mass is 10.0. The molecule has 6 heteroatoms. The summed E-state index contributed by atoms with van der Waals surface area (Å²) in [6.45, 7) is 1.76. The molecule has 0 saturated heterocycles. The number of rotatable bonds is 4. The van der Waals surface area contributed by atoms with E-state index >= 15 is 0 Å². The highest BCUT2D eigenvalue weighted by atomic mass is 35.5. The Morgan fingerprint density at radius 1 is 1.38 bits per heavy atom. The van der Waals surface area contributed by atoms with Crippen molar-refractivity contribution in [1.82, 2.24) is 0 Å². The van der Waals surface area contributed by atoms with Crippen LogP contribution in [0.25, 0.3) is 0 Å². The zero-order chi connectivity index (χ0) is 12.3. The van der Waals surface area contributed by atoms with Crippen LogP contribution in [0.4, 0.5) is 0 Å². The van der Waals surface area contributed by atoms with E-state index in [4.69, 9.17) is 21.9 Å². The lowest BCUT2D eigenvalue weighted by molar-refractivity contribution is 0.451. The maximum absolute atomic E-state index is 11.3. The minimum absolute atomic E-state index is 0.446. The summed E-state index contributed by atoms with van der Waals surface area (Å²) in [4.78, 5) is 0. The summed E-state index contributed by atoms with van der Waals surface area (Å²) in [5.41, 5.74) is 6.15. The van der Waals surface area contributed by atoms with Crippen LogP contribution in [0.5, 0.6) is 0 Å². The van der Waals surface area contributed by atoms with Crippen molar-refractivity contribution in [2.45, 2.75) is 24.6 Å². The van der Waals surface area contributed by atoms with Crippen LogP contribution < -0.4 is 5.73 Å². The van der Waals surface area contributed by atoms with Crippen molar-refractivity contribution in [2.75, 3.05) is 0 Å². The molecule has 0 spiro atoms. The van der Waals surface area contributed by atoms with Crippen molar-refractivity contribution < 1.29 is 13.0 Å². The van der Waals surface area contributed by atoms with E-state index in [0.717, 1.165) is 0 Å². The van der Waals surface area contributed by atoms with Gasteiger partial charge in [-0.1, -0.05) is 30.7 Å². The molecule has 2 atom stereocenters. The molecule has 0 radical (unpaired) electrons. The predicted octanol–water partition coefficient (Wildman–Crippen LogP) is 2.01. The summed E-state index contributed by atoms with van der Waals surface area (Å²) in [5, 5.41) is -0.599. The molecule has 4 nitrogen and oxygen atoms in total. The maximum atomic E-state index is 11.3. The van der Waals surface area contributed by atoms with Crippen LogP contribution in [-0.4, -0.2) is 19.0 Å². The first-order valence-electron chi connectivity index (χ1n) is 4.83. The van der Waals surface area contributed by atoms with Gasteiger partial charge in [0.15, 0.2) is 0 Å². The van der Waals surface area contributed by atoms with Crippen molar-refractivity contribution in [3.8, 4) is 0 Å². The fourth-order valence-electron chi connectivity index (χ4n) is 1.51. The topological polar surface area (TPSA) is 80.4 Å². The van der Waals surface area contributed by atoms with E-state index in [1.807, 2.05) is 0 Å². The molecule has 1 aromatic rings. The molecule has 3 N–H and O–H groups in total. The smallest absolute Gasteiger partial charge is 0.273 e. The van der Waals surface area contributed by atoms with Gasteiger partial charge >= 0.3 is 0 Å². The SMILES string of the molecule is CC[C@H](N)[C@H](c1ccc(Cl)cc1)S(=O)(=O)O. The second kappa shape index (κ2) is 5.14. The number of halogens is 1. The molecule has 0 aliphatic heterocycles. The minimum Gasteiger partial charge on any atom is -0.326 e. The monoisotopic (exact) mass is 263 g/mol. The van der Waals surface area contributed by atoms with Crippen molar-refractivity contribution >= 4 is 21.7 Å². The molecule has 0 heterocycles. The molecule has 90 valence electrons. The normalized spacial score (nSPS) is 15.8. The molecular formula is C10H14ClNO3S. The van der Waals surface area contributed by atoms with E-state index in [1.54, 1.807) is 31.2 Å². The first kappa shape index (κ1) is 13.4. The first-order valence-corrected chi connectivity index (χ1v) is 6.71. The molecular weight excluding hydrogens is 250 g/mol. The summed E-state index contributed by atoms with van der Waals surface area (Å²) in [7, 11) is -4.21. The highest BCUT2D eigenvalue weighted by Crippen LogP contribution is 2.26. The number of nitrogens with two attached hydrogens (primary N) is 1. The van der Waals surface area contributed by atoms with E-state index in [9.17, 15) is 8.42 Å². The second-order valence-electron chi connectivity index (χ2n) is 3.56. The summed E-state index contributed by atoms with van der Waals surface area (Å²) >= 11 is 5.70.